The Labute approximate surface area is 83.4 Å². The molecule has 1 rings (SSSR count). The summed E-state index contributed by atoms with van der Waals surface area (Å²) in [5.74, 6) is -0.777. The Morgan fingerprint density at radius 3 is 2.29 bits per heavy atom. The maximum absolute atomic E-state index is 11.2. The van der Waals surface area contributed by atoms with Gasteiger partial charge in [0.05, 0.1) is 12.2 Å². The average Bonchev–Trinajstić information content (AvgIpc) is 2.14. The third-order valence-corrected chi connectivity index (χ3v) is 2.49. The molecule has 0 aliphatic heterocycles. The van der Waals surface area contributed by atoms with E-state index in [2.05, 4.69) is 9.22 Å². The van der Waals surface area contributed by atoms with E-state index in [1.165, 1.54) is 0 Å². The third-order valence-electron chi connectivity index (χ3n) is 2.18. The van der Waals surface area contributed by atoms with Crippen LogP contribution in [0.4, 0.5) is 0 Å². The van der Waals surface area contributed by atoms with Crippen LogP contribution in [-0.4, -0.2) is 20.6 Å². The lowest BCUT2D eigenvalue weighted by atomic mass is 9.89. The second-order valence-electron chi connectivity index (χ2n) is 3.51. The molecule has 5 nitrogen and oxygen atoms in total. The number of hydrogen-bond donors (Lipinski definition) is 0. The summed E-state index contributed by atoms with van der Waals surface area (Å²) in [6.07, 6.45) is 5.44. The van der Waals surface area contributed by atoms with Gasteiger partial charge in [-0.2, -0.15) is 8.42 Å². The lowest BCUT2D eigenvalue weighted by Crippen LogP contribution is -2.21. The SMILES string of the molecule is CS(=O)(=O)OOC(=O)C1CCCCC1. The molecule has 0 aromatic heterocycles. The second-order valence-corrected chi connectivity index (χ2v) is 5.05. The van der Waals surface area contributed by atoms with Crippen molar-refractivity contribution in [3.63, 3.8) is 0 Å². The summed E-state index contributed by atoms with van der Waals surface area (Å²) in [6.45, 7) is 0. The minimum atomic E-state index is -3.70. The zero-order valence-electron chi connectivity index (χ0n) is 8.06. The smallest absolute Gasteiger partial charge is 0.281 e. The van der Waals surface area contributed by atoms with Crippen molar-refractivity contribution in [3.05, 3.63) is 0 Å². The van der Waals surface area contributed by atoms with Crippen LogP contribution in [0.2, 0.25) is 0 Å². The minimum Gasteiger partial charge on any atom is -0.281 e. The summed E-state index contributed by atoms with van der Waals surface area (Å²) in [5, 5.41) is 0. The van der Waals surface area contributed by atoms with E-state index in [1.807, 2.05) is 0 Å². The lowest BCUT2D eigenvalue weighted by molar-refractivity contribution is -0.217. The van der Waals surface area contributed by atoms with Gasteiger partial charge in [0.25, 0.3) is 10.1 Å². The fourth-order valence-corrected chi connectivity index (χ4v) is 1.69. The molecule has 14 heavy (non-hydrogen) atoms. The molecule has 1 aliphatic rings. The van der Waals surface area contributed by atoms with E-state index in [0.717, 1.165) is 38.4 Å². The molecule has 0 amide bonds. The van der Waals surface area contributed by atoms with Crippen LogP contribution in [0.3, 0.4) is 0 Å². The summed E-state index contributed by atoms with van der Waals surface area (Å²) in [5.41, 5.74) is 0. The van der Waals surface area contributed by atoms with Gasteiger partial charge in [0.1, 0.15) is 0 Å². The van der Waals surface area contributed by atoms with E-state index in [4.69, 9.17) is 0 Å². The topological polar surface area (TPSA) is 69.7 Å². The van der Waals surface area contributed by atoms with Gasteiger partial charge in [-0.3, -0.25) is 4.89 Å². The van der Waals surface area contributed by atoms with Crippen LogP contribution < -0.4 is 0 Å². The fraction of sp³-hybridized carbons (Fsp3) is 0.875. The zero-order chi connectivity index (χ0) is 10.6. The highest BCUT2D eigenvalue weighted by Gasteiger charge is 2.24. The molecule has 1 aliphatic carbocycles. The molecule has 0 heterocycles. The quantitative estimate of drug-likeness (QED) is 0.526. The zero-order valence-corrected chi connectivity index (χ0v) is 8.88. The van der Waals surface area contributed by atoms with Crippen molar-refractivity contribution < 1.29 is 22.4 Å². The van der Waals surface area contributed by atoms with Gasteiger partial charge < -0.3 is 0 Å². The molecule has 0 aromatic rings. The average molecular weight is 222 g/mol. The first-order valence-corrected chi connectivity index (χ1v) is 6.40. The molecule has 0 saturated heterocycles. The third kappa shape index (κ3) is 4.06. The normalized spacial score (nSPS) is 19.2. The van der Waals surface area contributed by atoms with Crippen LogP contribution in [0.1, 0.15) is 32.1 Å². The highest BCUT2D eigenvalue weighted by Crippen LogP contribution is 2.24. The van der Waals surface area contributed by atoms with E-state index in [9.17, 15) is 13.2 Å². The molecular formula is C8H14O5S. The maximum atomic E-state index is 11.2. The first-order chi connectivity index (χ1) is 6.49. The molecule has 1 fully saturated rings. The summed E-state index contributed by atoms with van der Waals surface area (Å²) in [6, 6.07) is 0. The van der Waals surface area contributed by atoms with Crippen LogP contribution in [0.5, 0.6) is 0 Å². The van der Waals surface area contributed by atoms with Crippen molar-refractivity contribution in [1.29, 1.82) is 0 Å². The van der Waals surface area contributed by atoms with Crippen molar-refractivity contribution in [2.75, 3.05) is 6.26 Å². The van der Waals surface area contributed by atoms with Gasteiger partial charge in [-0.1, -0.05) is 23.6 Å². The molecule has 0 bridgehead atoms. The molecule has 0 aromatic carbocycles. The lowest BCUT2D eigenvalue weighted by Gasteiger charge is -2.18. The second kappa shape index (κ2) is 4.75. The summed E-state index contributed by atoms with van der Waals surface area (Å²) in [7, 11) is -3.70. The van der Waals surface area contributed by atoms with Crippen molar-refractivity contribution in [1.82, 2.24) is 0 Å². The molecule has 1 saturated carbocycles. The van der Waals surface area contributed by atoms with Crippen LogP contribution in [0.15, 0.2) is 0 Å². The fourth-order valence-electron chi connectivity index (χ4n) is 1.50. The van der Waals surface area contributed by atoms with E-state index in [1.54, 1.807) is 0 Å². The minimum absolute atomic E-state index is 0.203. The Bertz CT molecular complexity index is 289. The van der Waals surface area contributed by atoms with Crippen molar-refractivity contribution in [2.24, 2.45) is 5.92 Å². The highest BCUT2D eigenvalue weighted by atomic mass is 32.2. The van der Waals surface area contributed by atoms with Crippen molar-refractivity contribution in [2.45, 2.75) is 32.1 Å². The molecule has 0 spiro atoms. The monoisotopic (exact) mass is 222 g/mol. The first-order valence-electron chi connectivity index (χ1n) is 4.59. The maximum Gasteiger partial charge on any atom is 0.346 e. The van der Waals surface area contributed by atoms with Gasteiger partial charge in [-0.05, 0) is 12.8 Å². The van der Waals surface area contributed by atoms with Crippen LogP contribution in [-0.2, 0) is 24.1 Å². The van der Waals surface area contributed by atoms with Gasteiger partial charge in [-0.25, -0.2) is 4.79 Å². The van der Waals surface area contributed by atoms with E-state index >= 15 is 0 Å². The van der Waals surface area contributed by atoms with E-state index < -0.39 is 16.1 Å². The van der Waals surface area contributed by atoms with Gasteiger partial charge in [0, 0.05) is 0 Å². The number of carbonyl (C=O) groups is 1. The molecule has 6 heteroatoms. The van der Waals surface area contributed by atoms with E-state index in [-0.39, 0.29) is 5.92 Å². The molecule has 0 radical (unpaired) electrons. The molecule has 0 atom stereocenters. The van der Waals surface area contributed by atoms with Crippen molar-refractivity contribution in [3.8, 4) is 0 Å². The van der Waals surface area contributed by atoms with Gasteiger partial charge in [0.15, 0.2) is 0 Å². The van der Waals surface area contributed by atoms with Gasteiger partial charge >= 0.3 is 5.97 Å². The Morgan fingerprint density at radius 1 is 1.21 bits per heavy atom. The molecule has 0 unspecified atom stereocenters. The summed E-state index contributed by atoms with van der Waals surface area (Å²) >= 11 is 0. The molecule has 0 N–H and O–H groups in total. The predicted octanol–water partition coefficient (Wildman–Crippen LogP) is 1.00. The Kier molecular flexibility index (Phi) is 3.88. The molecular weight excluding hydrogens is 208 g/mol. The van der Waals surface area contributed by atoms with Crippen molar-refractivity contribution >= 4 is 16.1 Å². The predicted molar refractivity (Wildman–Crippen MR) is 48.6 cm³/mol. The Hall–Kier alpha value is -0.620. The number of hydrogen-bond acceptors (Lipinski definition) is 5. The highest BCUT2D eigenvalue weighted by molar-refractivity contribution is 7.85. The number of rotatable bonds is 3. The van der Waals surface area contributed by atoms with E-state index in [0.29, 0.717) is 0 Å². The first kappa shape index (κ1) is 11.5. The standard InChI is InChI=1S/C8H14O5S/c1-14(10,11)13-12-8(9)7-5-3-2-4-6-7/h7H,2-6H2,1H3. The summed E-state index contributed by atoms with van der Waals surface area (Å²) in [4.78, 5) is 15.5. The van der Waals surface area contributed by atoms with Crippen LogP contribution >= 0.6 is 0 Å². The molecule has 82 valence electrons. The summed E-state index contributed by atoms with van der Waals surface area (Å²) < 4.78 is 25.0. The Morgan fingerprint density at radius 2 is 1.79 bits per heavy atom. The Balaban J connectivity index is 2.34. The van der Waals surface area contributed by atoms with Gasteiger partial charge in [0.2, 0.25) is 0 Å². The number of carbonyl (C=O) groups excluding carboxylic acids is 1. The van der Waals surface area contributed by atoms with Crippen LogP contribution in [0.25, 0.3) is 0 Å². The van der Waals surface area contributed by atoms with Gasteiger partial charge in [-0.15, -0.1) is 0 Å². The van der Waals surface area contributed by atoms with Crippen LogP contribution in [0, 0.1) is 5.92 Å². The largest absolute Gasteiger partial charge is 0.346 e.